The highest BCUT2D eigenvalue weighted by atomic mass is 31.2. The number of nitro benzene ring substituents is 1. The molecule has 21 heavy (non-hydrogen) atoms. The van der Waals surface area contributed by atoms with Gasteiger partial charge in [0.25, 0.3) is 5.69 Å². The van der Waals surface area contributed by atoms with Crippen LogP contribution in [0.5, 0.6) is 0 Å². The first kappa shape index (κ1) is 16.1. The smallest absolute Gasteiger partial charge is 0.305 e. The van der Waals surface area contributed by atoms with Crippen LogP contribution in [0.25, 0.3) is 0 Å². The molecular weight excluding hydrogens is 293 g/mol. The van der Waals surface area contributed by atoms with Gasteiger partial charge in [-0.05, 0) is 25.0 Å². The largest absolute Gasteiger partial charge is 0.361 e. The summed E-state index contributed by atoms with van der Waals surface area (Å²) in [6, 6.07) is 5.55. The lowest BCUT2D eigenvalue weighted by Crippen LogP contribution is -2.25. The Morgan fingerprint density at radius 1 is 1.33 bits per heavy atom. The van der Waals surface area contributed by atoms with Gasteiger partial charge >= 0.3 is 7.60 Å². The summed E-state index contributed by atoms with van der Waals surface area (Å²) in [4.78, 5) is 10.2. The quantitative estimate of drug-likeness (QED) is 0.345. The zero-order valence-electron chi connectivity index (χ0n) is 12.1. The highest BCUT2D eigenvalue weighted by Crippen LogP contribution is 2.52. The van der Waals surface area contributed by atoms with Crippen molar-refractivity contribution in [2.45, 2.75) is 45.1 Å². The molecule has 1 saturated heterocycles. The Labute approximate surface area is 124 Å². The number of nitrogens with zero attached hydrogens (tertiary/aromatic N) is 1. The third-order valence-electron chi connectivity index (χ3n) is 3.50. The number of unbranched alkanes of at least 4 members (excludes halogenated alkanes) is 2. The van der Waals surface area contributed by atoms with Crippen LogP contribution in [0.2, 0.25) is 0 Å². The topological polar surface area (TPSA) is 78.7 Å². The van der Waals surface area contributed by atoms with Gasteiger partial charge in [0.2, 0.25) is 0 Å². The van der Waals surface area contributed by atoms with E-state index in [-0.39, 0.29) is 11.8 Å². The zero-order valence-corrected chi connectivity index (χ0v) is 13.0. The van der Waals surface area contributed by atoms with Gasteiger partial charge in [-0.15, -0.1) is 0 Å². The van der Waals surface area contributed by atoms with Crippen molar-refractivity contribution in [1.82, 2.24) is 0 Å². The van der Waals surface area contributed by atoms with Crippen molar-refractivity contribution in [3.63, 3.8) is 0 Å². The van der Waals surface area contributed by atoms with E-state index < -0.39 is 12.5 Å². The number of hydrogen-bond donors (Lipinski definition) is 0. The monoisotopic (exact) mass is 313 g/mol. The maximum Gasteiger partial charge on any atom is 0.361 e. The lowest BCUT2D eigenvalue weighted by Gasteiger charge is -2.29. The molecule has 1 aliphatic rings. The summed E-state index contributed by atoms with van der Waals surface area (Å²) in [7, 11) is -3.34. The fourth-order valence-corrected chi connectivity index (χ4v) is 4.09. The van der Waals surface area contributed by atoms with Gasteiger partial charge in [0.15, 0.2) is 0 Å². The van der Waals surface area contributed by atoms with Gasteiger partial charge in [-0.2, -0.15) is 0 Å². The van der Waals surface area contributed by atoms with E-state index in [1.807, 2.05) is 0 Å². The van der Waals surface area contributed by atoms with Gasteiger partial charge in [-0.25, -0.2) is 0 Å². The molecule has 1 heterocycles. The highest BCUT2D eigenvalue weighted by molar-refractivity contribution is 7.62. The van der Waals surface area contributed by atoms with Crippen molar-refractivity contribution in [2.24, 2.45) is 0 Å². The second kappa shape index (κ2) is 7.16. The molecule has 2 atom stereocenters. The van der Waals surface area contributed by atoms with Crippen LogP contribution >= 0.6 is 7.60 Å². The standard InChI is InChI=1S/C14H20NO5P/c1-2-3-4-5-13-10-11-19-21(18,20-13)14-8-6-12(7-9-14)15(16)17/h6-9,13H,2-5,10-11H2,1H3. The van der Waals surface area contributed by atoms with Crippen LogP contribution in [-0.2, 0) is 13.6 Å². The van der Waals surface area contributed by atoms with Gasteiger partial charge in [0, 0.05) is 12.1 Å². The van der Waals surface area contributed by atoms with Gasteiger partial charge in [0.1, 0.15) is 0 Å². The molecule has 0 N–H and O–H groups in total. The van der Waals surface area contributed by atoms with Crippen molar-refractivity contribution in [3.8, 4) is 0 Å². The molecule has 1 fully saturated rings. The molecule has 0 spiro atoms. The molecule has 1 aromatic rings. The van der Waals surface area contributed by atoms with Crippen molar-refractivity contribution in [3.05, 3.63) is 34.4 Å². The SMILES string of the molecule is CCCCCC1CCOP(=O)(c2ccc([N+](=O)[O-])cc2)O1. The van der Waals surface area contributed by atoms with Gasteiger partial charge in [-0.3, -0.25) is 14.7 Å². The third kappa shape index (κ3) is 4.13. The minimum absolute atomic E-state index is 0.0399. The number of nitro groups is 1. The van der Waals surface area contributed by atoms with Crippen molar-refractivity contribution < 1.29 is 18.5 Å². The summed E-state index contributed by atoms with van der Waals surface area (Å²) in [5.74, 6) is 0. The third-order valence-corrected chi connectivity index (χ3v) is 5.52. The average Bonchev–Trinajstić information content (AvgIpc) is 2.48. The molecule has 2 rings (SSSR count). The highest BCUT2D eigenvalue weighted by Gasteiger charge is 2.35. The van der Waals surface area contributed by atoms with E-state index in [9.17, 15) is 14.7 Å². The van der Waals surface area contributed by atoms with E-state index in [1.54, 1.807) is 0 Å². The first-order valence-electron chi connectivity index (χ1n) is 7.23. The second-order valence-corrected chi connectivity index (χ2v) is 7.10. The van der Waals surface area contributed by atoms with Gasteiger partial charge in [0.05, 0.1) is 22.9 Å². The summed E-state index contributed by atoms with van der Waals surface area (Å²) < 4.78 is 23.8. The first-order chi connectivity index (χ1) is 10.0. The molecule has 0 aromatic heterocycles. The molecule has 7 heteroatoms. The van der Waals surface area contributed by atoms with Crippen LogP contribution in [0.1, 0.15) is 39.0 Å². The molecule has 0 aliphatic carbocycles. The fourth-order valence-electron chi connectivity index (χ4n) is 2.30. The summed E-state index contributed by atoms with van der Waals surface area (Å²) in [5.41, 5.74) is -0.0399. The zero-order chi connectivity index (χ0) is 15.3. The van der Waals surface area contributed by atoms with E-state index in [2.05, 4.69) is 6.92 Å². The minimum Gasteiger partial charge on any atom is -0.305 e. The molecular formula is C14H20NO5P. The summed E-state index contributed by atoms with van der Waals surface area (Å²) in [6.45, 7) is 2.53. The molecule has 116 valence electrons. The van der Waals surface area contributed by atoms with Crippen LogP contribution in [0, 0.1) is 10.1 Å². The molecule has 6 nitrogen and oxygen atoms in total. The summed E-state index contributed by atoms with van der Waals surface area (Å²) >= 11 is 0. The maximum absolute atomic E-state index is 12.7. The van der Waals surface area contributed by atoms with Crippen LogP contribution < -0.4 is 5.30 Å². The Kier molecular flexibility index (Phi) is 5.51. The molecule has 0 saturated carbocycles. The Morgan fingerprint density at radius 2 is 2.05 bits per heavy atom. The average molecular weight is 313 g/mol. The molecule has 0 amide bonds. The van der Waals surface area contributed by atoms with Crippen molar-refractivity contribution in [2.75, 3.05) is 6.61 Å². The van der Waals surface area contributed by atoms with E-state index >= 15 is 0 Å². The normalized spacial score (nSPS) is 25.7. The number of benzene rings is 1. The fraction of sp³-hybridized carbons (Fsp3) is 0.571. The first-order valence-corrected chi connectivity index (χ1v) is 8.77. The van der Waals surface area contributed by atoms with Crippen LogP contribution in [0.4, 0.5) is 5.69 Å². The maximum atomic E-state index is 12.7. The lowest BCUT2D eigenvalue weighted by atomic mass is 10.1. The summed E-state index contributed by atoms with van der Waals surface area (Å²) in [6.07, 6.45) is 4.84. The molecule has 1 aromatic carbocycles. The lowest BCUT2D eigenvalue weighted by molar-refractivity contribution is -0.384. The van der Waals surface area contributed by atoms with Gasteiger partial charge in [-0.1, -0.05) is 26.2 Å². The Morgan fingerprint density at radius 3 is 2.67 bits per heavy atom. The van der Waals surface area contributed by atoms with Crippen molar-refractivity contribution in [1.29, 1.82) is 0 Å². The second-order valence-electron chi connectivity index (χ2n) is 5.12. The summed E-state index contributed by atoms with van der Waals surface area (Å²) in [5, 5.41) is 11.0. The van der Waals surface area contributed by atoms with E-state index in [1.165, 1.54) is 24.3 Å². The van der Waals surface area contributed by atoms with E-state index in [4.69, 9.17) is 9.05 Å². The van der Waals surface area contributed by atoms with E-state index in [0.29, 0.717) is 11.9 Å². The Balaban J connectivity index is 2.06. The Bertz CT molecular complexity index is 531. The predicted molar refractivity (Wildman–Crippen MR) is 79.9 cm³/mol. The predicted octanol–water partition coefficient (Wildman–Crippen LogP) is 3.80. The molecule has 0 radical (unpaired) electrons. The van der Waals surface area contributed by atoms with Crippen LogP contribution in [0.3, 0.4) is 0 Å². The van der Waals surface area contributed by atoms with E-state index in [0.717, 1.165) is 32.1 Å². The minimum atomic E-state index is -3.34. The van der Waals surface area contributed by atoms with Crippen molar-refractivity contribution >= 4 is 18.6 Å². The van der Waals surface area contributed by atoms with Gasteiger partial charge < -0.3 is 9.05 Å². The van der Waals surface area contributed by atoms with Crippen LogP contribution in [-0.4, -0.2) is 17.6 Å². The number of non-ortho nitro benzene ring substituents is 1. The molecule has 2 unspecified atom stereocenters. The molecule has 1 aliphatic heterocycles. The number of hydrogen-bond acceptors (Lipinski definition) is 5. The Hall–Kier alpha value is -1.23. The number of rotatable bonds is 6. The molecule has 0 bridgehead atoms. The van der Waals surface area contributed by atoms with Crippen LogP contribution in [0.15, 0.2) is 24.3 Å².